The molecule has 0 bridgehead atoms. The first-order valence-electron chi connectivity index (χ1n) is 11.2. The second-order valence-corrected chi connectivity index (χ2v) is 8.34. The van der Waals surface area contributed by atoms with Crippen molar-refractivity contribution in [3.8, 4) is 11.3 Å². The van der Waals surface area contributed by atoms with Crippen molar-refractivity contribution in [2.24, 2.45) is 4.99 Å². The van der Waals surface area contributed by atoms with E-state index >= 15 is 0 Å². The molecule has 1 aliphatic heterocycles. The predicted molar refractivity (Wildman–Crippen MR) is 134 cm³/mol. The molecule has 5 rings (SSSR count). The van der Waals surface area contributed by atoms with Crippen LogP contribution in [0, 0.1) is 19.7 Å². The largest absolute Gasteiger partial charge is 0.365 e. The van der Waals surface area contributed by atoms with Crippen molar-refractivity contribution in [1.29, 1.82) is 0 Å². The van der Waals surface area contributed by atoms with Crippen molar-refractivity contribution in [3.63, 3.8) is 0 Å². The number of aliphatic imine (C=N–C) groups is 1. The number of allylic oxidation sites excluding steroid dienone is 1. The Labute approximate surface area is 198 Å². The summed E-state index contributed by atoms with van der Waals surface area (Å²) in [5, 5.41) is 3.44. The molecule has 4 heterocycles. The Morgan fingerprint density at radius 2 is 1.82 bits per heavy atom. The minimum Gasteiger partial charge on any atom is -0.365 e. The van der Waals surface area contributed by atoms with Gasteiger partial charge < -0.3 is 5.32 Å². The highest BCUT2D eigenvalue weighted by molar-refractivity contribution is 5.93. The monoisotopic (exact) mass is 449 g/mol. The molecule has 0 saturated heterocycles. The van der Waals surface area contributed by atoms with E-state index < -0.39 is 0 Å². The van der Waals surface area contributed by atoms with Crippen LogP contribution in [-0.2, 0) is 13.0 Å². The fraction of sp³-hybridized carbons (Fsp3) is 0.143. The van der Waals surface area contributed by atoms with Gasteiger partial charge in [-0.25, -0.2) is 9.37 Å². The van der Waals surface area contributed by atoms with Crippen LogP contribution in [-0.4, -0.2) is 21.2 Å². The van der Waals surface area contributed by atoms with Crippen molar-refractivity contribution in [3.05, 3.63) is 113 Å². The number of hydrogen-bond acceptors (Lipinski definition) is 5. The molecule has 1 aliphatic rings. The van der Waals surface area contributed by atoms with E-state index in [0.717, 1.165) is 56.3 Å². The summed E-state index contributed by atoms with van der Waals surface area (Å²) in [6.07, 6.45) is 10.0. The normalized spacial score (nSPS) is 12.6. The van der Waals surface area contributed by atoms with Crippen LogP contribution in [0.25, 0.3) is 17.0 Å². The zero-order valence-corrected chi connectivity index (χ0v) is 19.1. The molecule has 1 aromatic carbocycles. The molecule has 0 unspecified atom stereocenters. The number of fused-ring (bicyclic) bond motifs is 1. The van der Waals surface area contributed by atoms with Crippen LogP contribution >= 0.6 is 0 Å². The first-order chi connectivity index (χ1) is 16.6. The minimum absolute atomic E-state index is 0.270. The zero-order valence-electron chi connectivity index (χ0n) is 19.1. The molecule has 6 heteroatoms. The van der Waals surface area contributed by atoms with Crippen molar-refractivity contribution >= 4 is 17.7 Å². The molecule has 0 atom stereocenters. The summed E-state index contributed by atoms with van der Waals surface area (Å²) in [7, 11) is 0. The Balaban J connectivity index is 1.35. The Hall–Kier alpha value is -4.19. The Bertz CT molecular complexity index is 1420. The average Bonchev–Trinajstić information content (AvgIpc) is 3.06. The molecular weight excluding hydrogens is 425 g/mol. The van der Waals surface area contributed by atoms with Crippen molar-refractivity contribution in [1.82, 2.24) is 15.0 Å². The van der Waals surface area contributed by atoms with Gasteiger partial charge in [-0.3, -0.25) is 15.0 Å². The van der Waals surface area contributed by atoms with Gasteiger partial charge in [0.15, 0.2) is 0 Å². The summed E-state index contributed by atoms with van der Waals surface area (Å²) in [5.74, 6) is 0.495. The van der Waals surface area contributed by atoms with Gasteiger partial charge >= 0.3 is 0 Å². The molecule has 5 nitrogen and oxygen atoms in total. The number of rotatable bonds is 5. The maximum atomic E-state index is 13.7. The molecule has 0 saturated carbocycles. The van der Waals surface area contributed by atoms with E-state index in [9.17, 15) is 4.39 Å². The highest BCUT2D eigenvalue weighted by Gasteiger charge is 2.13. The Morgan fingerprint density at radius 1 is 0.941 bits per heavy atom. The van der Waals surface area contributed by atoms with Crippen molar-refractivity contribution in [2.45, 2.75) is 26.8 Å². The zero-order chi connectivity index (χ0) is 23.5. The highest BCUT2D eigenvalue weighted by Crippen LogP contribution is 2.26. The number of hydrogen-bond donors (Lipinski definition) is 1. The number of halogens is 1. The third kappa shape index (κ3) is 4.62. The van der Waals surface area contributed by atoms with Crippen LogP contribution in [0.5, 0.6) is 0 Å². The van der Waals surface area contributed by atoms with Crippen molar-refractivity contribution in [2.75, 3.05) is 5.32 Å². The molecule has 168 valence electrons. The Kier molecular flexibility index (Phi) is 5.95. The highest BCUT2D eigenvalue weighted by atomic mass is 19.1. The second-order valence-electron chi connectivity index (χ2n) is 8.34. The molecule has 1 N–H and O–H groups in total. The number of nitrogens with zero attached hydrogens (tertiary/aromatic N) is 4. The van der Waals surface area contributed by atoms with Crippen LogP contribution in [0.2, 0.25) is 0 Å². The fourth-order valence-electron chi connectivity index (χ4n) is 4.12. The van der Waals surface area contributed by atoms with Crippen LogP contribution < -0.4 is 5.32 Å². The van der Waals surface area contributed by atoms with E-state index in [-0.39, 0.29) is 5.82 Å². The standard InChI is InChI=1S/C28H24FN5/c1-18-12-20(15-33-27(18)23-9-10-30-19(2)13-23)16-34-28-25-17-32-26(7-6-21(25)8-11-31-28)22-4-3-5-24(29)14-22/h3-5,7-15,17H,6,16H2,1-2H3,(H,31,34). The lowest BCUT2D eigenvalue weighted by Crippen LogP contribution is -2.07. The average molecular weight is 450 g/mol. The predicted octanol–water partition coefficient (Wildman–Crippen LogP) is 5.92. The number of benzene rings is 1. The molecule has 0 spiro atoms. The maximum absolute atomic E-state index is 13.7. The van der Waals surface area contributed by atoms with Gasteiger partial charge in [0, 0.05) is 53.7 Å². The fourth-order valence-corrected chi connectivity index (χ4v) is 4.12. The quantitative estimate of drug-likeness (QED) is 0.411. The molecule has 4 aromatic rings. The first-order valence-corrected chi connectivity index (χ1v) is 11.2. The van der Waals surface area contributed by atoms with Gasteiger partial charge in [-0.1, -0.05) is 24.3 Å². The number of anilines is 1. The van der Waals surface area contributed by atoms with Crippen molar-refractivity contribution < 1.29 is 4.39 Å². The van der Waals surface area contributed by atoms with Gasteiger partial charge in [0.2, 0.25) is 0 Å². The summed E-state index contributed by atoms with van der Waals surface area (Å²) < 4.78 is 13.7. The van der Waals surface area contributed by atoms with E-state index in [1.807, 2.05) is 55.9 Å². The van der Waals surface area contributed by atoms with E-state index in [1.54, 1.807) is 12.3 Å². The summed E-state index contributed by atoms with van der Waals surface area (Å²) in [5.41, 5.74) is 8.74. The Morgan fingerprint density at radius 3 is 2.65 bits per heavy atom. The minimum atomic E-state index is -0.270. The summed E-state index contributed by atoms with van der Waals surface area (Å²) in [4.78, 5) is 18.1. The second kappa shape index (κ2) is 9.35. The van der Waals surface area contributed by atoms with Crippen LogP contribution in [0.1, 0.15) is 33.5 Å². The lowest BCUT2D eigenvalue weighted by atomic mass is 10.0. The SMILES string of the molecule is Cc1cc(-c2ncc(CNc3nccc4c3C=NC(c3cccc(F)c3)=CC4)cc2C)ccn1. The molecule has 34 heavy (non-hydrogen) atoms. The van der Waals surface area contributed by atoms with Crippen LogP contribution in [0.4, 0.5) is 10.2 Å². The number of aromatic nitrogens is 3. The van der Waals surface area contributed by atoms with E-state index in [1.165, 1.54) is 12.1 Å². The van der Waals surface area contributed by atoms with Gasteiger partial charge in [0.25, 0.3) is 0 Å². The van der Waals surface area contributed by atoms with Gasteiger partial charge in [0.05, 0.1) is 11.4 Å². The summed E-state index contributed by atoms with van der Waals surface area (Å²) in [6, 6.07) is 14.7. The molecular formula is C28H24FN5. The first kappa shape index (κ1) is 21.6. The molecule has 0 aliphatic carbocycles. The molecule has 0 amide bonds. The molecule has 3 aromatic heterocycles. The van der Waals surface area contributed by atoms with Crippen LogP contribution in [0.3, 0.4) is 0 Å². The summed E-state index contributed by atoms with van der Waals surface area (Å²) in [6.45, 7) is 4.64. The maximum Gasteiger partial charge on any atom is 0.135 e. The third-order valence-electron chi connectivity index (χ3n) is 5.81. The van der Waals surface area contributed by atoms with E-state index in [2.05, 4.69) is 33.3 Å². The molecule has 0 radical (unpaired) electrons. The lowest BCUT2D eigenvalue weighted by Gasteiger charge is -2.12. The number of aryl methyl sites for hydroxylation is 2. The van der Waals surface area contributed by atoms with E-state index in [0.29, 0.717) is 13.0 Å². The van der Waals surface area contributed by atoms with E-state index in [4.69, 9.17) is 4.98 Å². The topological polar surface area (TPSA) is 63.1 Å². The number of nitrogens with one attached hydrogen (secondary N) is 1. The third-order valence-corrected chi connectivity index (χ3v) is 5.81. The lowest BCUT2D eigenvalue weighted by molar-refractivity contribution is 0.627. The number of pyridine rings is 3. The van der Waals surface area contributed by atoms with Gasteiger partial charge in [-0.15, -0.1) is 0 Å². The smallest absolute Gasteiger partial charge is 0.135 e. The molecule has 0 fully saturated rings. The van der Waals surface area contributed by atoms with Gasteiger partial charge in [-0.05, 0) is 67.3 Å². The van der Waals surface area contributed by atoms with Gasteiger partial charge in [-0.2, -0.15) is 0 Å². The van der Waals surface area contributed by atoms with Crippen LogP contribution in [0.15, 0.2) is 78.2 Å². The summed E-state index contributed by atoms with van der Waals surface area (Å²) >= 11 is 0. The van der Waals surface area contributed by atoms with Gasteiger partial charge in [0.1, 0.15) is 11.6 Å².